The number of thiophene rings is 1. The normalized spacial score (nSPS) is 17.4. The second-order valence-corrected chi connectivity index (χ2v) is 7.44. The van der Waals surface area contributed by atoms with Crippen molar-refractivity contribution in [2.75, 3.05) is 11.4 Å². The Labute approximate surface area is 150 Å². The van der Waals surface area contributed by atoms with Crippen molar-refractivity contribution in [3.05, 3.63) is 41.0 Å². The topological polar surface area (TPSA) is 72.1 Å². The number of aromatic nitrogens is 2. The second-order valence-electron chi connectivity index (χ2n) is 6.58. The zero-order chi connectivity index (χ0) is 17.6. The van der Waals surface area contributed by atoms with Gasteiger partial charge in [-0.05, 0) is 43.4 Å². The Morgan fingerprint density at radius 1 is 1.28 bits per heavy atom. The molecule has 1 aliphatic heterocycles. The summed E-state index contributed by atoms with van der Waals surface area (Å²) in [6.07, 6.45) is 3.31. The van der Waals surface area contributed by atoms with E-state index in [0.717, 1.165) is 46.5 Å². The van der Waals surface area contributed by atoms with Crippen molar-refractivity contribution in [2.45, 2.75) is 32.7 Å². The maximum atomic E-state index is 11.8. The van der Waals surface area contributed by atoms with E-state index in [1.165, 1.54) is 11.1 Å². The average Bonchev–Trinajstić information content (AvgIpc) is 3.24. The zero-order valence-electron chi connectivity index (χ0n) is 14.3. The van der Waals surface area contributed by atoms with Gasteiger partial charge in [0.15, 0.2) is 0 Å². The average molecular weight is 352 g/mol. The van der Waals surface area contributed by atoms with E-state index in [1.54, 1.807) is 17.7 Å². The number of aryl methyl sites for hydroxylation is 2. The predicted molar refractivity (Wildman–Crippen MR) is 102 cm³/mol. The number of primary amides is 1. The van der Waals surface area contributed by atoms with Crippen LogP contribution in [0.3, 0.4) is 0 Å². The molecule has 128 valence electrons. The van der Waals surface area contributed by atoms with Gasteiger partial charge in [-0.3, -0.25) is 4.79 Å². The summed E-state index contributed by atoms with van der Waals surface area (Å²) >= 11 is 1.61. The molecule has 1 fully saturated rings. The van der Waals surface area contributed by atoms with Gasteiger partial charge in [-0.2, -0.15) is 0 Å². The molecule has 4 rings (SSSR count). The van der Waals surface area contributed by atoms with Gasteiger partial charge in [-0.15, -0.1) is 11.3 Å². The van der Waals surface area contributed by atoms with Crippen LogP contribution in [-0.2, 0) is 4.79 Å². The first kappa shape index (κ1) is 16.0. The van der Waals surface area contributed by atoms with E-state index in [2.05, 4.69) is 47.4 Å². The zero-order valence-corrected chi connectivity index (χ0v) is 15.1. The summed E-state index contributed by atoms with van der Waals surface area (Å²) in [6, 6.07) is 6.18. The quantitative estimate of drug-likeness (QED) is 0.784. The minimum Gasteiger partial charge on any atom is -0.368 e. The standard InChI is InChI=1S/C19H20N4OS/c1-11-5-6-13(8-12(11)2)14-9-25-19-16(14)18(21-10-22-19)23-7-3-4-15(23)17(20)24/h5-6,8-10,15H,3-4,7H2,1-2H3,(H2,20,24). The molecule has 1 aliphatic rings. The number of carbonyl (C=O) groups excluding carboxylic acids is 1. The van der Waals surface area contributed by atoms with Crippen LogP contribution >= 0.6 is 11.3 Å². The molecule has 1 unspecified atom stereocenters. The molecule has 0 saturated carbocycles. The molecule has 3 heterocycles. The van der Waals surface area contributed by atoms with Crippen molar-refractivity contribution in [3.63, 3.8) is 0 Å². The highest BCUT2D eigenvalue weighted by Gasteiger charge is 2.32. The maximum absolute atomic E-state index is 11.8. The van der Waals surface area contributed by atoms with Gasteiger partial charge in [-0.25, -0.2) is 9.97 Å². The number of rotatable bonds is 3. The second kappa shape index (κ2) is 6.11. The monoisotopic (exact) mass is 352 g/mol. The lowest BCUT2D eigenvalue weighted by molar-refractivity contribution is -0.119. The lowest BCUT2D eigenvalue weighted by Crippen LogP contribution is -2.40. The van der Waals surface area contributed by atoms with Crippen LogP contribution in [0.2, 0.25) is 0 Å². The van der Waals surface area contributed by atoms with Crippen molar-refractivity contribution >= 4 is 33.3 Å². The molecule has 1 aromatic carbocycles. The molecule has 25 heavy (non-hydrogen) atoms. The fourth-order valence-corrected chi connectivity index (χ4v) is 4.43. The van der Waals surface area contributed by atoms with Crippen molar-refractivity contribution in [2.24, 2.45) is 5.73 Å². The molecule has 1 atom stereocenters. The Kier molecular flexibility index (Phi) is 3.92. The van der Waals surface area contributed by atoms with E-state index in [9.17, 15) is 4.79 Å². The molecule has 2 N–H and O–H groups in total. The molecule has 0 aliphatic carbocycles. The molecule has 0 bridgehead atoms. The number of benzene rings is 1. The number of nitrogens with two attached hydrogens (primary N) is 1. The van der Waals surface area contributed by atoms with E-state index in [4.69, 9.17) is 5.73 Å². The van der Waals surface area contributed by atoms with E-state index in [0.29, 0.717) is 0 Å². The Hall–Kier alpha value is -2.47. The number of hydrogen-bond acceptors (Lipinski definition) is 5. The van der Waals surface area contributed by atoms with Gasteiger partial charge in [0.2, 0.25) is 5.91 Å². The molecule has 1 amide bonds. The van der Waals surface area contributed by atoms with Gasteiger partial charge in [0.1, 0.15) is 23.0 Å². The molecule has 6 heteroatoms. The summed E-state index contributed by atoms with van der Waals surface area (Å²) in [6.45, 7) is 5.03. The third kappa shape index (κ3) is 2.66. The third-order valence-electron chi connectivity index (χ3n) is 5.02. The van der Waals surface area contributed by atoms with Gasteiger partial charge in [0, 0.05) is 17.5 Å². The first-order chi connectivity index (χ1) is 12.1. The smallest absolute Gasteiger partial charge is 0.240 e. The van der Waals surface area contributed by atoms with Crippen LogP contribution in [0.4, 0.5) is 5.82 Å². The minimum absolute atomic E-state index is 0.285. The van der Waals surface area contributed by atoms with Crippen molar-refractivity contribution in [1.82, 2.24) is 9.97 Å². The number of fused-ring (bicyclic) bond motifs is 1. The van der Waals surface area contributed by atoms with Gasteiger partial charge < -0.3 is 10.6 Å². The fraction of sp³-hybridized carbons (Fsp3) is 0.316. The van der Waals surface area contributed by atoms with Gasteiger partial charge in [0.05, 0.1) is 5.39 Å². The molecule has 1 saturated heterocycles. The lowest BCUT2D eigenvalue weighted by atomic mass is 10.0. The van der Waals surface area contributed by atoms with E-state index < -0.39 is 0 Å². The third-order valence-corrected chi connectivity index (χ3v) is 5.91. The summed E-state index contributed by atoms with van der Waals surface area (Å²) < 4.78 is 0. The number of carbonyl (C=O) groups is 1. The van der Waals surface area contributed by atoms with Crippen LogP contribution in [-0.4, -0.2) is 28.5 Å². The molecular weight excluding hydrogens is 332 g/mol. The highest BCUT2D eigenvalue weighted by Crippen LogP contribution is 2.40. The lowest BCUT2D eigenvalue weighted by Gasteiger charge is -2.24. The largest absolute Gasteiger partial charge is 0.368 e. The van der Waals surface area contributed by atoms with Crippen LogP contribution in [0, 0.1) is 13.8 Å². The van der Waals surface area contributed by atoms with Crippen molar-refractivity contribution in [3.8, 4) is 11.1 Å². The number of nitrogens with zero attached hydrogens (tertiary/aromatic N) is 3. The SMILES string of the molecule is Cc1ccc(-c2csc3ncnc(N4CCCC4C(N)=O)c23)cc1C. The Morgan fingerprint density at radius 3 is 2.88 bits per heavy atom. The summed E-state index contributed by atoms with van der Waals surface area (Å²) in [5, 5.41) is 3.14. The van der Waals surface area contributed by atoms with Crippen LogP contribution in [0.25, 0.3) is 21.3 Å². The van der Waals surface area contributed by atoms with E-state index >= 15 is 0 Å². The van der Waals surface area contributed by atoms with Crippen LogP contribution in [0.1, 0.15) is 24.0 Å². The van der Waals surface area contributed by atoms with Gasteiger partial charge in [0.25, 0.3) is 0 Å². The molecule has 3 aromatic rings. The molecule has 0 radical (unpaired) electrons. The first-order valence-corrected chi connectivity index (χ1v) is 9.30. The summed E-state index contributed by atoms with van der Waals surface area (Å²) in [5.41, 5.74) is 10.4. The van der Waals surface area contributed by atoms with Crippen LogP contribution in [0.15, 0.2) is 29.9 Å². The molecule has 0 spiro atoms. The molecule has 5 nitrogen and oxygen atoms in total. The Morgan fingerprint density at radius 2 is 2.12 bits per heavy atom. The first-order valence-electron chi connectivity index (χ1n) is 8.42. The summed E-state index contributed by atoms with van der Waals surface area (Å²) in [7, 11) is 0. The van der Waals surface area contributed by atoms with Crippen molar-refractivity contribution < 1.29 is 4.79 Å². The predicted octanol–water partition coefficient (Wildman–Crippen LogP) is 3.43. The molecular formula is C19H20N4OS. The number of anilines is 1. The molecule has 2 aromatic heterocycles. The maximum Gasteiger partial charge on any atom is 0.240 e. The highest BCUT2D eigenvalue weighted by atomic mass is 32.1. The van der Waals surface area contributed by atoms with Crippen molar-refractivity contribution in [1.29, 1.82) is 0 Å². The van der Waals surface area contributed by atoms with Crippen LogP contribution in [0.5, 0.6) is 0 Å². The number of amides is 1. The Bertz CT molecular complexity index is 965. The fourth-order valence-electron chi connectivity index (χ4n) is 3.51. The van der Waals surface area contributed by atoms with Crippen LogP contribution < -0.4 is 10.6 Å². The highest BCUT2D eigenvalue weighted by molar-refractivity contribution is 7.17. The summed E-state index contributed by atoms with van der Waals surface area (Å²) in [4.78, 5) is 23.8. The van der Waals surface area contributed by atoms with Gasteiger partial charge in [-0.1, -0.05) is 18.2 Å². The Balaban J connectivity index is 1.90. The number of hydrogen-bond donors (Lipinski definition) is 1. The van der Waals surface area contributed by atoms with E-state index in [1.807, 2.05) is 4.90 Å². The van der Waals surface area contributed by atoms with E-state index in [-0.39, 0.29) is 11.9 Å². The minimum atomic E-state index is -0.286. The van der Waals surface area contributed by atoms with Gasteiger partial charge >= 0.3 is 0 Å². The summed E-state index contributed by atoms with van der Waals surface area (Å²) in [5.74, 6) is 0.535.